The van der Waals surface area contributed by atoms with Crippen molar-refractivity contribution in [2.24, 2.45) is 0 Å². The van der Waals surface area contributed by atoms with E-state index in [4.69, 9.17) is 9.47 Å². The summed E-state index contributed by atoms with van der Waals surface area (Å²) in [5.41, 5.74) is 1.29. The first kappa shape index (κ1) is 20.8. The van der Waals surface area contributed by atoms with Gasteiger partial charge in [0, 0.05) is 13.1 Å². The number of hydrogen-bond donors (Lipinski definition) is 2. The van der Waals surface area contributed by atoms with Gasteiger partial charge in [-0.1, -0.05) is 24.3 Å². The number of rotatable bonds is 6. The Kier molecular flexibility index (Phi) is 7.09. The van der Waals surface area contributed by atoms with E-state index in [9.17, 15) is 19.0 Å². The number of nitrogens with zero attached hydrogens (tertiary/aromatic N) is 1. The van der Waals surface area contributed by atoms with Crippen molar-refractivity contribution >= 4 is 0 Å². The van der Waals surface area contributed by atoms with E-state index in [2.05, 4.69) is 0 Å². The molecule has 1 saturated heterocycles. The molecular formula is C21H25F2NO4. The van der Waals surface area contributed by atoms with Gasteiger partial charge in [-0.25, -0.2) is 8.78 Å². The quantitative estimate of drug-likeness (QED) is 0.787. The highest BCUT2D eigenvalue weighted by Crippen LogP contribution is 2.20. The van der Waals surface area contributed by atoms with Crippen LogP contribution in [0, 0.1) is 11.6 Å². The second-order valence-electron chi connectivity index (χ2n) is 7.16. The second kappa shape index (κ2) is 9.54. The fourth-order valence-electron chi connectivity index (χ4n) is 3.31. The minimum Gasteiger partial charge on any atom is -0.388 e. The molecule has 0 aromatic heterocycles. The summed E-state index contributed by atoms with van der Waals surface area (Å²) in [6.07, 6.45) is -3.66. The maximum absolute atomic E-state index is 13.3. The topological polar surface area (TPSA) is 62.2 Å². The highest BCUT2D eigenvalue weighted by atomic mass is 19.1. The Labute approximate surface area is 163 Å². The lowest BCUT2D eigenvalue weighted by atomic mass is 10.0. The molecule has 152 valence electrons. The van der Waals surface area contributed by atoms with Gasteiger partial charge in [0.25, 0.3) is 0 Å². The molecule has 2 aromatic rings. The molecule has 2 N–H and O–H groups in total. The zero-order chi connectivity index (χ0) is 20.1. The van der Waals surface area contributed by atoms with E-state index in [0.717, 1.165) is 0 Å². The van der Waals surface area contributed by atoms with E-state index in [-0.39, 0.29) is 24.8 Å². The number of aliphatic hydroxyl groups is 2. The first-order chi connectivity index (χ1) is 13.4. The average molecular weight is 393 g/mol. The molecule has 0 spiro atoms. The Morgan fingerprint density at radius 3 is 1.68 bits per heavy atom. The third kappa shape index (κ3) is 5.56. The molecule has 1 heterocycles. The summed E-state index contributed by atoms with van der Waals surface area (Å²) < 4.78 is 38.1. The molecule has 1 aliphatic heterocycles. The maximum Gasteiger partial charge on any atom is 0.123 e. The predicted octanol–water partition coefficient (Wildman–Crippen LogP) is 2.10. The Hall–Kier alpha value is -1.90. The van der Waals surface area contributed by atoms with Crippen LogP contribution >= 0.6 is 0 Å². The molecule has 0 bridgehead atoms. The Morgan fingerprint density at radius 2 is 1.29 bits per heavy atom. The van der Waals surface area contributed by atoms with Gasteiger partial charge >= 0.3 is 0 Å². The molecule has 0 amide bonds. The summed E-state index contributed by atoms with van der Waals surface area (Å²) in [5.74, 6) is -0.712. The monoisotopic (exact) mass is 393 g/mol. The summed E-state index contributed by atoms with van der Waals surface area (Å²) in [5, 5.41) is 21.1. The molecule has 2 aromatic carbocycles. The molecule has 0 radical (unpaired) electrons. The van der Waals surface area contributed by atoms with E-state index in [1.807, 2.05) is 11.9 Å². The van der Waals surface area contributed by atoms with Crippen molar-refractivity contribution in [1.29, 1.82) is 0 Å². The zero-order valence-electron chi connectivity index (χ0n) is 15.7. The van der Waals surface area contributed by atoms with Crippen LogP contribution in [0.25, 0.3) is 0 Å². The van der Waals surface area contributed by atoms with Crippen molar-refractivity contribution in [3.63, 3.8) is 0 Å². The Balaban J connectivity index is 1.60. The lowest BCUT2D eigenvalue weighted by Crippen LogP contribution is -2.45. The molecule has 4 atom stereocenters. The molecule has 0 aliphatic carbocycles. The molecule has 1 aliphatic rings. The minimum absolute atomic E-state index is 0.120. The van der Waals surface area contributed by atoms with Crippen LogP contribution in [-0.2, 0) is 22.7 Å². The molecule has 3 rings (SSSR count). The van der Waals surface area contributed by atoms with Crippen molar-refractivity contribution in [3.8, 4) is 0 Å². The van der Waals surface area contributed by atoms with Gasteiger partial charge < -0.3 is 24.6 Å². The molecular weight excluding hydrogens is 368 g/mol. The molecule has 1 fully saturated rings. The summed E-state index contributed by atoms with van der Waals surface area (Å²) in [6, 6.07) is 12.1. The minimum atomic E-state index is -1.17. The lowest BCUT2D eigenvalue weighted by Gasteiger charge is -2.27. The number of likely N-dealkylation sites (N-methyl/N-ethyl adjacent to an activating group) is 1. The van der Waals surface area contributed by atoms with Gasteiger partial charge in [-0.2, -0.15) is 0 Å². The normalized spacial score (nSPS) is 26.2. The van der Waals surface area contributed by atoms with Gasteiger partial charge in [0.15, 0.2) is 0 Å². The van der Waals surface area contributed by atoms with Crippen molar-refractivity contribution in [2.75, 3.05) is 20.1 Å². The summed E-state index contributed by atoms with van der Waals surface area (Å²) in [7, 11) is 1.84. The zero-order valence-corrected chi connectivity index (χ0v) is 15.7. The van der Waals surface area contributed by atoms with Gasteiger partial charge in [-0.3, -0.25) is 0 Å². The molecule has 7 heteroatoms. The van der Waals surface area contributed by atoms with Gasteiger partial charge in [-0.05, 0) is 42.4 Å². The van der Waals surface area contributed by atoms with Crippen molar-refractivity contribution in [1.82, 2.24) is 4.90 Å². The SMILES string of the molecule is CN1CC(OCc2cccc(F)c2)C(O)C(O)C(OCc2cccc(F)c2)C1. The Bertz CT molecular complexity index is 712. The summed E-state index contributed by atoms with van der Waals surface area (Å²) in [4.78, 5) is 1.89. The number of likely N-dealkylation sites (tertiary alicyclic amines) is 1. The maximum atomic E-state index is 13.3. The van der Waals surface area contributed by atoms with Crippen LogP contribution in [0.3, 0.4) is 0 Å². The standard InChI is InChI=1S/C21H25F2NO4/c1-24-10-18(27-12-14-4-2-6-16(22)8-14)20(25)21(26)19(11-24)28-13-15-5-3-7-17(23)9-15/h2-9,18-21,25-26H,10-13H2,1H3. The first-order valence-corrected chi connectivity index (χ1v) is 9.19. The fourth-order valence-corrected chi connectivity index (χ4v) is 3.31. The van der Waals surface area contributed by atoms with Crippen molar-refractivity contribution < 1.29 is 28.5 Å². The number of benzene rings is 2. The van der Waals surface area contributed by atoms with Crippen LogP contribution in [0.5, 0.6) is 0 Å². The number of halogens is 2. The first-order valence-electron chi connectivity index (χ1n) is 9.19. The van der Waals surface area contributed by atoms with Crippen LogP contribution in [0.4, 0.5) is 8.78 Å². The summed E-state index contributed by atoms with van der Waals surface area (Å²) in [6.45, 7) is 1.00. The van der Waals surface area contributed by atoms with Crippen molar-refractivity contribution in [3.05, 3.63) is 71.3 Å². The van der Waals surface area contributed by atoms with Crippen LogP contribution in [0.1, 0.15) is 11.1 Å². The smallest absolute Gasteiger partial charge is 0.123 e. The Morgan fingerprint density at radius 1 is 0.857 bits per heavy atom. The van der Waals surface area contributed by atoms with Gasteiger partial charge in [0.1, 0.15) is 23.8 Å². The van der Waals surface area contributed by atoms with Crippen LogP contribution in [-0.4, -0.2) is 59.7 Å². The van der Waals surface area contributed by atoms with E-state index >= 15 is 0 Å². The molecule has 4 unspecified atom stereocenters. The largest absolute Gasteiger partial charge is 0.388 e. The van der Waals surface area contributed by atoms with Crippen LogP contribution < -0.4 is 0 Å². The number of ether oxygens (including phenoxy) is 2. The average Bonchev–Trinajstić information content (AvgIpc) is 2.76. The fraction of sp³-hybridized carbons (Fsp3) is 0.429. The van der Waals surface area contributed by atoms with Crippen molar-refractivity contribution in [2.45, 2.75) is 37.6 Å². The molecule has 28 heavy (non-hydrogen) atoms. The van der Waals surface area contributed by atoms with E-state index < -0.39 is 24.4 Å². The predicted molar refractivity (Wildman–Crippen MR) is 99.5 cm³/mol. The van der Waals surface area contributed by atoms with Crippen LogP contribution in [0.15, 0.2) is 48.5 Å². The van der Waals surface area contributed by atoms with Gasteiger partial charge in [0.2, 0.25) is 0 Å². The molecule has 0 saturated carbocycles. The van der Waals surface area contributed by atoms with Crippen LogP contribution in [0.2, 0.25) is 0 Å². The number of aliphatic hydroxyl groups excluding tert-OH is 2. The van der Waals surface area contributed by atoms with E-state index in [1.165, 1.54) is 24.3 Å². The van der Waals surface area contributed by atoms with E-state index in [0.29, 0.717) is 24.2 Å². The highest BCUT2D eigenvalue weighted by Gasteiger charge is 2.38. The molecule has 5 nitrogen and oxygen atoms in total. The summed E-state index contributed by atoms with van der Waals surface area (Å²) >= 11 is 0. The highest BCUT2D eigenvalue weighted by molar-refractivity contribution is 5.16. The third-order valence-corrected chi connectivity index (χ3v) is 4.80. The van der Waals surface area contributed by atoms with Gasteiger partial charge in [-0.15, -0.1) is 0 Å². The second-order valence-corrected chi connectivity index (χ2v) is 7.16. The van der Waals surface area contributed by atoms with Gasteiger partial charge in [0.05, 0.1) is 25.4 Å². The number of hydrogen-bond acceptors (Lipinski definition) is 5. The third-order valence-electron chi connectivity index (χ3n) is 4.80. The lowest BCUT2D eigenvalue weighted by molar-refractivity contribution is -0.128. The van der Waals surface area contributed by atoms with E-state index in [1.54, 1.807) is 24.3 Å².